The van der Waals surface area contributed by atoms with Gasteiger partial charge in [0.2, 0.25) is 5.71 Å². The van der Waals surface area contributed by atoms with Crippen molar-refractivity contribution in [1.29, 1.82) is 0 Å². The summed E-state index contributed by atoms with van der Waals surface area (Å²) in [5, 5.41) is 2.14. The lowest BCUT2D eigenvalue weighted by Gasteiger charge is -2.33. The van der Waals surface area contributed by atoms with Crippen molar-refractivity contribution in [3.63, 3.8) is 0 Å². The van der Waals surface area contributed by atoms with Gasteiger partial charge in [0.05, 0.1) is 11.4 Å². The Labute approximate surface area is 164 Å². The van der Waals surface area contributed by atoms with Crippen molar-refractivity contribution in [2.75, 3.05) is 9.80 Å². The Hall–Kier alpha value is -3.08. The molecule has 3 aromatic heterocycles. The molecule has 5 rings (SSSR count). The third kappa shape index (κ3) is 2.25. The minimum Gasteiger partial charge on any atom is -0.435 e. The predicted molar refractivity (Wildman–Crippen MR) is 114 cm³/mol. The Morgan fingerprint density at radius 1 is 1.04 bits per heavy atom. The molecule has 5 heteroatoms. The van der Waals surface area contributed by atoms with Crippen molar-refractivity contribution >= 4 is 39.3 Å². The minimum absolute atomic E-state index is 0.136. The molecule has 1 atom stereocenters. The van der Waals surface area contributed by atoms with Gasteiger partial charge in [-0.25, -0.2) is 9.97 Å². The number of furan rings is 1. The molecule has 0 saturated heterocycles. The summed E-state index contributed by atoms with van der Waals surface area (Å²) in [5.74, 6) is 0.976. The van der Waals surface area contributed by atoms with E-state index in [1.165, 1.54) is 0 Å². The summed E-state index contributed by atoms with van der Waals surface area (Å²) in [6.07, 6.45) is 2.00. The van der Waals surface area contributed by atoms with Crippen LogP contribution in [0.2, 0.25) is 0 Å². The molecule has 0 N–H and O–H groups in total. The molecule has 4 heterocycles. The number of benzene rings is 1. The van der Waals surface area contributed by atoms with Crippen molar-refractivity contribution in [3.05, 3.63) is 53.9 Å². The molecular weight excluding hydrogens is 348 g/mol. The Kier molecular flexibility index (Phi) is 3.63. The van der Waals surface area contributed by atoms with Crippen LogP contribution in [0.3, 0.4) is 0 Å². The Bertz CT molecular complexity index is 1210. The fourth-order valence-corrected chi connectivity index (χ4v) is 4.48. The summed E-state index contributed by atoms with van der Waals surface area (Å²) < 4.78 is 6.32. The molecule has 0 unspecified atom stereocenters. The Balaban J connectivity index is 1.82. The molecule has 28 heavy (non-hydrogen) atoms. The summed E-state index contributed by atoms with van der Waals surface area (Å²) in [5.41, 5.74) is 5.92. The van der Waals surface area contributed by atoms with Crippen LogP contribution in [-0.2, 0) is 0 Å². The zero-order valence-electron chi connectivity index (χ0n) is 16.9. The number of pyridine rings is 2. The van der Waals surface area contributed by atoms with Crippen molar-refractivity contribution in [3.8, 4) is 0 Å². The maximum atomic E-state index is 6.32. The van der Waals surface area contributed by atoms with Crippen LogP contribution in [0.15, 0.2) is 47.0 Å². The maximum Gasteiger partial charge on any atom is 0.227 e. The van der Waals surface area contributed by atoms with Gasteiger partial charge < -0.3 is 14.2 Å². The van der Waals surface area contributed by atoms with E-state index in [9.17, 15) is 0 Å². The topological polar surface area (TPSA) is 45.4 Å². The van der Waals surface area contributed by atoms with E-state index < -0.39 is 0 Å². The average molecular weight is 372 g/mol. The van der Waals surface area contributed by atoms with E-state index in [0.29, 0.717) is 11.8 Å². The SMILES string of the molecule is Cc1ccc2c(n1)oc1c(N3c4ncccc4N(C(C)C)[C@@H]3C)c(C)ccc12. The lowest BCUT2D eigenvalue weighted by Crippen LogP contribution is -2.42. The molecule has 0 fully saturated rings. The maximum absolute atomic E-state index is 6.32. The summed E-state index contributed by atoms with van der Waals surface area (Å²) in [6.45, 7) is 10.8. The fraction of sp³-hybridized carbons (Fsp3) is 0.304. The molecule has 1 aliphatic heterocycles. The highest BCUT2D eigenvalue weighted by Gasteiger charge is 2.38. The molecule has 4 aromatic rings. The van der Waals surface area contributed by atoms with Crippen LogP contribution in [0.4, 0.5) is 17.2 Å². The molecule has 0 amide bonds. The first-order valence-corrected chi connectivity index (χ1v) is 9.79. The van der Waals surface area contributed by atoms with Crippen LogP contribution in [0.1, 0.15) is 32.0 Å². The summed E-state index contributed by atoms with van der Waals surface area (Å²) in [7, 11) is 0. The number of aromatic nitrogens is 2. The normalized spacial score (nSPS) is 16.6. The monoisotopic (exact) mass is 372 g/mol. The first-order chi connectivity index (χ1) is 13.5. The zero-order valence-corrected chi connectivity index (χ0v) is 16.9. The van der Waals surface area contributed by atoms with Crippen LogP contribution in [0.25, 0.3) is 22.1 Å². The zero-order chi connectivity index (χ0) is 19.6. The lowest BCUT2D eigenvalue weighted by atomic mass is 10.1. The molecule has 0 spiro atoms. The van der Waals surface area contributed by atoms with Crippen molar-refractivity contribution in [2.24, 2.45) is 0 Å². The summed E-state index contributed by atoms with van der Waals surface area (Å²) in [4.78, 5) is 14.1. The Morgan fingerprint density at radius 2 is 1.82 bits per heavy atom. The van der Waals surface area contributed by atoms with Gasteiger partial charge in [0.1, 0.15) is 6.17 Å². The molecule has 142 valence electrons. The van der Waals surface area contributed by atoms with Crippen molar-refractivity contribution in [2.45, 2.75) is 46.8 Å². The standard InChI is InChI=1S/C23H24N4O/c1-13(2)26-16(5)27(22-19(26)7-6-12-24-22)20-14(3)8-10-17-18-11-9-15(4)25-23(18)28-21(17)20/h6-13,16H,1-5H3/t16-/m0/s1. The van der Waals surface area contributed by atoms with Gasteiger partial charge in [0.25, 0.3) is 0 Å². The second-order valence-electron chi connectivity index (χ2n) is 7.86. The van der Waals surface area contributed by atoms with Gasteiger partial charge in [-0.3, -0.25) is 0 Å². The fourth-order valence-electron chi connectivity index (χ4n) is 4.48. The van der Waals surface area contributed by atoms with E-state index >= 15 is 0 Å². The highest BCUT2D eigenvalue weighted by Crippen LogP contribution is 2.47. The third-order valence-corrected chi connectivity index (χ3v) is 5.67. The molecule has 5 nitrogen and oxygen atoms in total. The largest absolute Gasteiger partial charge is 0.435 e. The first kappa shape index (κ1) is 17.0. The molecule has 1 aromatic carbocycles. The summed E-state index contributed by atoms with van der Waals surface area (Å²) in [6, 6.07) is 13.0. The quantitative estimate of drug-likeness (QED) is 0.451. The number of nitrogens with zero attached hydrogens (tertiary/aromatic N) is 4. The molecule has 0 radical (unpaired) electrons. The minimum atomic E-state index is 0.136. The number of rotatable bonds is 2. The second kappa shape index (κ2) is 5.96. The third-order valence-electron chi connectivity index (χ3n) is 5.67. The predicted octanol–water partition coefficient (Wildman–Crippen LogP) is 5.71. The van der Waals surface area contributed by atoms with Crippen LogP contribution < -0.4 is 9.80 Å². The van der Waals surface area contributed by atoms with E-state index in [1.54, 1.807) is 0 Å². The molecule has 1 aliphatic rings. The molecule has 0 aliphatic carbocycles. The summed E-state index contributed by atoms with van der Waals surface area (Å²) >= 11 is 0. The van der Waals surface area contributed by atoms with Crippen molar-refractivity contribution < 1.29 is 4.42 Å². The van der Waals surface area contributed by atoms with Gasteiger partial charge in [-0.15, -0.1) is 0 Å². The Morgan fingerprint density at radius 3 is 2.61 bits per heavy atom. The van der Waals surface area contributed by atoms with E-state index in [4.69, 9.17) is 9.40 Å². The number of hydrogen-bond donors (Lipinski definition) is 0. The van der Waals surface area contributed by atoms with E-state index in [-0.39, 0.29) is 6.17 Å². The van der Waals surface area contributed by atoms with Gasteiger partial charge in [-0.1, -0.05) is 12.1 Å². The van der Waals surface area contributed by atoms with E-state index in [0.717, 1.165) is 44.8 Å². The van der Waals surface area contributed by atoms with Gasteiger partial charge in [0, 0.05) is 28.7 Å². The average Bonchev–Trinajstić information content (AvgIpc) is 3.16. The van der Waals surface area contributed by atoms with E-state index in [1.807, 2.05) is 25.3 Å². The van der Waals surface area contributed by atoms with E-state index in [2.05, 4.69) is 66.7 Å². The molecule has 0 saturated carbocycles. The second-order valence-corrected chi connectivity index (χ2v) is 7.86. The highest BCUT2D eigenvalue weighted by atomic mass is 16.3. The van der Waals surface area contributed by atoms with Crippen molar-refractivity contribution in [1.82, 2.24) is 9.97 Å². The molecule has 0 bridgehead atoms. The van der Waals surface area contributed by atoms with Gasteiger partial charge >= 0.3 is 0 Å². The number of hydrogen-bond acceptors (Lipinski definition) is 5. The van der Waals surface area contributed by atoms with Crippen LogP contribution >= 0.6 is 0 Å². The van der Waals surface area contributed by atoms with Gasteiger partial charge in [-0.05, 0) is 64.4 Å². The van der Waals surface area contributed by atoms with Crippen LogP contribution in [0, 0.1) is 13.8 Å². The number of anilines is 3. The smallest absolute Gasteiger partial charge is 0.227 e. The van der Waals surface area contributed by atoms with Crippen LogP contribution in [-0.4, -0.2) is 22.2 Å². The lowest BCUT2D eigenvalue weighted by molar-refractivity contribution is 0.601. The molecular formula is C23H24N4O. The van der Waals surface area contributed by atoms with Crippen LogP contribution in [0.5, 0.6) is 0 Å². The number of aryl methyl sites for hydroxylation is 2. The first-order valence-electron chi connectivity index (χ1n) is 9.79. The highest BCUT2D eigenvalue weighted by molar-refractivity contribution is 6.09. The van der Waals surface area contributed by atoms with Gasteiger partial charge in [0.15, 0.2) is 11.4 Å². The number of fused-ring (bicyclic) bond motifs is 4. The van der Waals surface area contributed by atoms with Gasteiger partial charge in [-0.2, -0.15) is 0 Å².